The summed E-state index contributed by atoms with van der Waals surface area (Å²) in [7, 11) is 0. The number of carbonyl (C=O) groups excluding carboxylic acids is 1. The first-order valence-corrected chi connectivity index (χ1v) is 9.36. The lowest BCUT2D eigenvalue weighted by molar-refractivity contribution is -0.138. The predicted octanol–water partition coefficient (Wildman–Crippen LogP) is 3.83. The first kappa shape index (κ1) is 18.2. The van der Waals surface area contributed by atoms with Gasteiger partial charge in [-0.3, -0.25) is 4.79 Å². The second-order valence-corrected chi connectivity index (χ2v) is 7.04. The molecule has 1 aliphatic heterocycles. The molecule has 0 aromatic carbocycles. The van der Waals surface area contributed by atoms with Crippen LogP contribution in [0.2, 0.25) is 0 Å². The predicted molar refractivity (Wildman–Crippen MR) is 93.3 cm³/mol. The Bertz CT molecular complexity index is 489. The van der Waals surface area contributed by atoms with Crippen molar-refractivity contribution in [1.82, 2.24) is 14.9 Å². The topological polar surface area (TPSA) is 55.3 Å². The van der Waals surface area contributed by atoms with E-state index in [2.05, 4.69) is 39.7 Å². The standard InChI is InChI=1S/C17H26BrN3O2/c1-3-6-13(7-4-2)16(22)21-9-5-8-15(12-21)23-17-19-10-14(18)11-20-17/h10-11,13,15H,3-9,12H2,1-2H3. The van der Waals surface area contributed by atoms with E-state index in [0.29, 0.717) is 18.5 Å². The van der Waals surface area contributed by atoms with Crippen molar-refractivity contribution in [3.63, 3.8) is 0 Å². The molecule has 1 unspecified atom stereocenters. The third-order valence-corrected chi connectivity index (χ3v) is 4.59. The molecule has 2 heterocycles. The van der Waals surface area contributed by atoms with E-state index in [0.717, 1.165) is 49.5 Å². The van der Waals surface area contributed by atoms with Crippen LogP contribution < -0.4 is 4.74 Å². The molecule has 0 radical (unpaired) electrons. The lowest BCUT2D eigenvalue weighted by Gasteiger charge is -2.34. The van der Waals surface area contributed by atoms with Crippen molar-refractivity contribution in [3.05, 3.63) is 16.9 Å². The maximum absolute atomic E-state index is 12.8. The number of rotatable bonds is 7. The zero-order chi connectivity index (χ0) is 16.7. The Kier molecular flexibility index (Phi) is 7.27. The summed E-state index contributed by atoms with van der Waals surface area (Å²) >= 11 is 3.31. The highest BCUT2D eigenvalue weighted by molar-refractivity contribution is 9.10. The zero-order valence-electron chi connectivity index (χ0n) is 14.0. The van der Waals surface area contributed by atoms with E-state index in [1.165, 1.54) is 0 Å². The summed E-state index contributed by atoms with van der Waals surface area (Å²) in [5, 5.41) is 0. The summed E-state index contributed by atoms with van der Waals surface area (Å²) in [6.45, 7) is 5.76. The summed E-state index contributed by atoms with van der Waals surface area (Å²) in [6, 6.07) is 0.381. The Balaban J connectivity index is 1.93. The third-order valence-electron chi connectivity index (χ3n) is 4.18. The average Bonchev–Trinajstić information content (AvgIpc) is 2.56. The van der Waals surface area contributed by atoms with Crippen molar-refractivity contribution in [2.45, 2.75) is 58.5 Å². The number of nitrogens with zero attached hydrogens (tertiary/aromatic N) is 3. The van der Waals surface area contributed by atoms with E-state index in [9.17, 15) is 4.79 Å². The minimum absolute atomic E-state index is 0.0159. The minimum atomic E-state index is -0.0159. The van der Waals surface area contributed by atoms with Crippen LogP contribution in [-0.2, 0) is 4.79 Å². The van der Waals surface area contributed by atoms with Crippen LogP contribution in [-0.4, -0.2) is 40.0 Å². The smallest absolute Gasteiger partial charge is 0.316 e. The Morgan fingerprint density at radius 1 is 1.35 bits per heavy atom. The molecule has 0 aliphatic carbocycles. The van der Waals surface area contributed by atoms with Crippen LogP contribution in [0.25, 0.3) is 0 Å². The monoisotopic (exact) mass is 383 g/mol. The molecule has 1 amide bonds. The molecule has 1 aliphatic rings. The molecule has 128 valence electrons. The molecule has 23 heavy (non-hydrogen) atoms. The Labute approximate surface area is 147 Å². The van der Waals surface area contributed by atoms with E-state index in [-0.39, 0.29) is 12.0 Å². The highest BCUT2D eigenvalue weighted by Gasteiger charge is 2.29. The summed E-state index contributed by atoms with van der Waals surface area (Å²) in [6.07, 6.45) is 9.30. The van der Waals surface area contributed by atoms with Crippen LogP contribution in [0.15, 0.2) is 16.9 Å². The molecule has 0 N–H and O–H groups in total. The van der Waals surface area contributed by atoms with Crippen LogP contribution in [0, 0.1) is 5.92 Å². The van der Waals surface area contributed by atoms with Crippen molar-refractivity contribution < 1.29 is 9.53 Å². The number of piperidine rings is 1. The van der Waals surface area contributed by atoms with Gasteiger partial charge in [-0.15, -0.1) is 0 Å². The normalized spacial score (nSPS) is 18.3. The van der Waals surface area contributed by atoms with Crippen molar-refractivity contribution in [2.75, 3.05) is 13.1 Å². The van der Waals surface area contributed by atoms with Crippen molar-refractivity contribution in [3.8, 4) is 6.01 Å². The lowest BCUT2D eigenvalue weighted by atomic mass is 9.95. The van der Waals surface area contributed by atoms with Gasteiger partial charge in [0.1, 0.15) is 6.10 Å². The fraction of sp³-hybridized carbons (Fsp3) is 0.706. The summed E-state index contributed by atoms with van der Waals surface area (Å²) in [4.78, 5) is 23.0. The van der Waals surface area contributed by atoms with E-state index in [1.54, 1.807) is 12.4 Å². The third kappa shape index (κ3) is 5.44. The van der Waals surface area contributed by atoms with E-state index >= 15 is 0 Å². The molecule has 5 nitrogen and oxygen atoms in total. The molecule has 0 bridgehead atoms. The maximum atomic E-state index is 12.8. The van der Waals surface area contributed by atoms with Crippen LogP contribution >= 0.6 is 15.9 Å². The molecule has 0 saturated carbocycles. The largest absolute Gasteiger partial charge is 0.458 e. The Morgan fingerprint density at radius 2 is 2.00 bits per heavy atom. The van der Waals surface area contributed by atoms with Gasteiger partial charge in [-0.05, 0) is 41.6 Å². The average molecular weight is 384 g/mol. The number of ether oxygens (including phenoxy) is 1. The molecule has 1 saturated heterocycles. The van der Waals surface area contributed by atoms with Gasteiger partial charge in [0, 0.05) is 24.9 Å². The molecule has 2 rings (SSSR count). The number of halogens is 1. The first-order valence-electron chi connectivity index (χ1n) is 8.57. The molecule has 1 aromatic heterocycles. The maximum Gasteiger partial charge on any atom is 0.316 e. The number of amides is 1. The minimum Gasteiger partial charge on any atom is -0.458 e. The van der Waals surface area contributed by atoms with Gasteiger partial charge < -0.3 is 9.64 Å². The van der Waals surface area contributed by atoms with Crippen molar-refractivity contribution in [2.24, 2.45) is 5.92 Å². The Hall–Kier alpha value is -1.17. The lowest BCUT2D eigenvalue weighted by Crippen LogP contribution is -2.46. The van der Waals surface area contributed by atoms with Crippen LogP contribution in [0.1, 0.15) is 52.4 Å². The molecular formula is C17H26BrN3O2. The van der Waals surface area contributed by atoms with E-state index < -0.39 is 0 Å². The summed E-state index contributed by atoms with van der Waals surface area (Å²) in [5.41, 5.74) is 0. The molecule has 1 aromatic rings. The molecular weight excluding hydrogens is 358 g/mol. The number of aromatic nitrogens is 2. The Morgan fingerprint density at radius 3 is 2.61 bits per heavy atom. The van der Waals surface area contributed by atoms with Gasteiger partial charge in [-0.25, -0.2) is 9.97 Å². The van der Waals surface area contributed by atoms with Gasteiger partial charge in [0.2, 0.25) is 5.91 Å². The van der Waals surface area contributed by atoms with Crippen LogP contribution in [0.5, 0.6) is 6.01 Å². The quantitative estimate of drug-likeness (QED) is 0.717. The van der Waals surface area contributed by atoms with Gasteiger partial charge >= 0.3 is 6.01 Å². The molecule has 1 fully saturated rings. The molecule has 0 spiro atoms. The SMILES string of the molecule is CCCC(CCC)C(=O)N1CCCC(Oc2ncc(Br)cn2)C1. The fourth-order valence-corrected chi connectivity index (χ4v) is 3.30. The van der Waals surface area contributed by atoms with Crippen LogP contribution in [0.4, 0.5) is 0 Å². The van der Waals surface area contributed by atoms with E-state index in [1.807, 2.05) is 4.90 Å². The number of carbonyl (C=O) groups is 1. The van der Waals surface area contributed by atoms with Gasteiger partial charge in [0.05, 0.1) is 11.0 Å². The van der Waals surface area contributed by atoms with Crippen LogP contribution in [0.3, 0.4) is 0 Å². The summed E-state index contributed by atoms with van der Waals surface area (Å²) < 4.78 is 6.68. The first-order chi connectivity index (χ1) is 11.1. The second-order valence-electron chi connectivity index (χ2n) is 6.12. The fourth-order valence-electron chi connectivity index (χ4n) is 3.09. The van der Waals surface area contributed by atoms with Crippen molar-refractivity contribution in [1.29, 1.82) is 0 Å². The van der Waals surface area contributed by atoms with Crippen molar-refractivity contribution >= 4 is 21.8 Å². The van der Waals surface area contributed by atoms with Gasteiger partial charge in [-0.1, -0.05) is 26.7 Å². The van der Waals surface area contributed by atoms with Gasteiger partial charge in [0.25, 0.3) is 0 Å². The highest BCUT2D eigenvalue weighted by atomic mass is 79.9. The number of hydrogen-bond donors (Lipinski definition) is 0. The number of hydrogen-bond acceptors (Lipinski definition) is 4. The van der Waals surface area contributed by atoms with Gasteiger partial charge in [0.15, 0.2) is 0 Å². The zero-order valence-corrected chi connectivity index (χ0v) is 15.6. The number of likely N-dealkylation sites (tertiary alicyclic amines) is 1. The second kappa shape index (κ2) is 9.21. The van der Waals surface area contributed by atoms with E-state index in [4.69, 9.17) is 4.74 Å². The molecule has 6 heteroatoms. The highest BCUT2D eigenvalue weighted by Crippen LogP contribution is 2.22. The molecule has 1 atom stereocenters. The van der Waals surface area contributed by atoms with Gasteiger partial charge in [-0.2, -0.15) is 0 Å². The summed E-state index contributed by atoms with van der Waals surface area (Å²) in [5.74, 6) is 0.450.